The summed E-state index contributed by atoms with van der Waals surface area (Å²) in [5, 5.41) is 6.21. The van der Waals surface area contributed by atoms with Crippen molar-refractivity contribution >= 4 is 23.4 Å². The van der Waals surface area contributed by atoms with Crippen molar-refractivity contribution in [2.24, 2.45) is 0 Å². The van der Waals surface area contributed by atoms with Crippen molar-refractivity contribution in [2.75, 3.05) is 13.1 Å². The highest BCUT2D eigenvalue weighted by molar-refractivity contribution is 6.30. The quantitative estimate of drug-likeness (QED) is 0.766. The smallest absolute Gasteiger partial charge is 0.224 e. The average molecular weight is 331 g/mol. The van der Waals surface area contributed by atoms with Crippen LogP contribution in [0.3, 0.4) is 0 Å². The van der Waals surface area contributed by atoms with Crippen LogP contribution in [0.25, 0.3) is 0 Å². The third kappa shape index (κ3) is 6.53. The first kappa shape index (κ1) is 17.0. The topological polar surface area (TPSA) is 58.2 Å². The number of hydrogen-bond acceptors (Lipinski definition) is 2. The predicted molar refractivity (Wildman–Crippen MR) is 91.3 cm³/mol. The van der Waals surface area contributed by atoms with Gasteiger partial charge in [-0.2, -0.15) is 0 Å². The van der Waals surface area contributed by atoms with Crippen molar-refractivity contribution in [1.82, 2.24) is 10.6 Å². The third-order valence-electron chi connectivity index (χ3n) is 3.25. The van der Waals surface area contributed by atoms with Gasteiger partial charge in [-0.05, 0) is 23.3 Å². The van der Waals surface area contributed by atoms with Gasteiger partial charge < -0.3 is 10.6 Å². The van der Waals surface area contributed by atoms with Gasteiger partial charge in [0.1, 0.15) is 0 Å². The Bertz CT molecular complexity index is 642. The van der Waals surface area contributed by atoms with E-state index in [0.29, 0.717) is 31.0 Å². The van der Waals surface area contributed by atoms with Gasteiger partial charge in [-0.3, -0.25) is 9.59 Å². The van der Waals surface area contributed by atoms with Crippen LogP contribution in [-0.4, -0.2) is 24.9 Å². The second-order valence-electron chi connectivity index (χ2n) is 5.17. The summed E-state index contributed by atoms with van der Waals surface area (Å²) >= 11 is 5.80. The molecule has 2 aromatic carbocycles. The number of carbonyl (C=O) groups excluding carboxylic acids is 2. The number of nitrogens with one attached hydrogen (secondary N) is 2. The molecule has 120 valence electrons. The van der Waals surface area contributed by atoms with Crippen LogP contribution < -0.4 is 10.6 Å². The van der Waals surface area contributed by atoms with Gasteiger partial charge in [0, 0.05) is 18.1 Å². The second kappa shape index (κ2) is 8.96. The molecule has 2 rings (SSSR count). The van der Waals surface area contributed by atoms with Crippen LogP contribution in [0.1, 0.15) is 11.1 Å². The maximum atomic E-state index is 11.8. The molecule has 4 nitrogen and oxygen atoms in total. The van der Waals surface area contributed by atoms with E-state index >= 15 is 0 Å². The van der Waals surface area contributed by atoms with Gasteiger partial charge in [0.25, 0.3) is 0 Å². The largest absolute Gasteiger partial charge is 0.354 e. The van der Waals surface area contributed by atoms with E-state index in [9.17, 15) is 9.59 Å². The molecular weight excluding hydrogens is 312 g/mol. The van der Waals surface area contributed by atoms with E-state index in [1.165, 1.54) is 0 Å². The van der Waals surface area contributed by atoms with Crippen LogP contribution in [0, 0.1) is 0 Å². The fraction of sp³-hybridized carbons (Fsp3) is 0.222. The highest BCUT2D eigenvalue weighted by atomic mass is 35.5. The lowest BCUT2D eigenvalue weighted by molar-refractivity contribution is -0.122. The maximum absolute atomic E-state index is 11.8. The van der Waals surface area contributed by atoms with Crippen LogP contribution in [0.5, 0.6) is 0 Å². The molecule has 0 spiro atoms. The molecule has 0 saturated heterocycles. The zero-order chi connectivity index (χ0) is 16.5. The van der Waals surface area contributed by atoms with Crippen LogP contribution in [-0.2, 0) is 22.4 Å². The Morgan fingerprint density at radius 1 is 0.739 bits per heavy atom. The van der Waals surface area contributed by atoms with Crippen LogP contribution in [0.15, 0.2) is 54.6 Å². The molecule has 0 saturated carbocycles. The Hall–Kier alpha value is -2.33. The Kier molecular flexibility index (Phi) is 6.63. The normalized spacial score (nSPS) is 10.1. The molecule has 0 atom stereocenters. The molecule has 2 amide bonds. The minimum Gasteiger partial charge on any atom is -0.354 e. The van der Waals surface area contributed by atoms with Crippen LogP contribution in [0.2, 0.25) is 5.02 Å². The van der Waals surface area contributed by atoms with Gasteiger partial charge in [0.15, 0.2) is 0 Å². The third-order valence-corrected chi connectivity index (χ3v) is 3.51. The van der Waals surface area contributed by atoms with Crippen molar-refractivity contribution in [1.29, 1.82) is 0 Å². The molecule has 0 fully saturated rings. The van der Waals surface area contributed by atoms with Crippen LogP contribution in [0.4, 0.5) is 0 Å². The second-order valence-corrected chi connectivity index (χ2v) is 5.60. The molecule has 0 aliphatic heterocycles. The number of amides is 2. The summed E-state index contributed by atoms with van der Waals surface area (Å²) in [5.74, 6) is -0.132. The van der Waals surface area contributed by atoms with E-state index in [2.05, 4.69) is 10.6 Å². The Morgan fingerprint density at radius 3 is 1.74 bits per heavy atom. The maximum Gasteiger partial charge on any atom is 0.224 e. The first-order valence-electron chi connectivity index (χ1n) is 7.45. The lowest BCUT2D eigenvalue weighted by Gasteiger charge is -2.07. The molecule has 0 aromatic heterocycles. The van der Waals surface area contributed by atoms with E-state index in [0.717, 1.165) is 11.1 Å². The van der Waals surface area contributed by atoms with Crippen molar-refractivity contribution in [3.8, 4) is 0 Å². The number of hydrogen-bond donors (Lipinski definition) is 2. The van der Waals surface area contributed by atoms with Gasteiger partial charge in [0.2, 0.25) is 11.8 Å². The van der Waals surface area contributed by atoms with Crippen molar-refractivity contribution in [3.05, 3.63) is 70.7 Å². The lowest BCUT2D eigenvalue weighted by atomic mass is 10.1. The van der Waals surface area contributed by atoms with E-state index in [-0.39, 0.29) is 11.8 Å². The van der Waals surface area contributed by atoms with Crippen LogP contribution >= 0.6 is 11.6 Å². The number of carbonyl (C=O) groups is 2. The van der Waals surface area contributed by atoms with E-state index < -0.39 is 0 Å². The lowest BCUT2D eigenvalue weighted by Crippen LogP contribution is -2.35. The highest BCUT2D eigenvalue weighted by Crippen LogP contribution is 2.09. The molecule has 2 N–H and O–H groups in total. The van der Waals surface area contributed by atoms with Crippen molar-refractivity contribution in [3.63, 3.8) is 0 Å². The van der Waals surface area contributed by atoms with Gasteiger partial charge in [-0.25, -0.2) is 0 Å². The van der Waals surface area contributed by atoms with E-state index in [1.54, 1.807) is 12.1 Å². The molecule has 0 unspecified atom stereocenters. The number of rotatable bonds is 7. The minimum absolute atomic E-state index is 0.0526. The van der Waals surface area contributed by atoms with Gasteiger partial charge in [0.05, 0.1) is 12.8 Å². The molecule has 0 aliphatic rings. The fourth-order valence-electron chi connectivity index (χ4n) is 2.10. The first-order chi connectivity index (χ1) is 11.1. The number of halogens is 1. The van der Waals surface area contributed by atoms with Crippen molar-refractivity contribution in [2.45, 2.75) is 12.8 Å². The van der Waals surface area contributed by atoms with Gasteiger partial charge in [-0.1, -0.05) is 54.1 Å². The fourth-order valence-corrected chi connectivity index (χ4v) is 2.22. The van der Waals surface area contributed by atoms with Crippen molar-refractivity contribution < 1.29 is 9.59 Å². The Labute approximate surface area is 140 Å². The summed E-state index contributed by atoms with van der Waals surface area (Å²) in [5.41, 5.74) is 1.87. The Morgan fingerprint density at radius 2 is 1.22 bits per heavy atom. The van der Waals surface area contributed by atoms with E-state index in [1.807, 2.05) is 42.5 Å². The van der Waals surface area contributed by atoms with E-state index in [4.69, 9.17) is 11.6 Å². The summed E-state index contributed by atoms with van der Waals surface area (Å²) in [6.45, 7) is 0.824. The molecule has 0 aliphatic carbocycles. The molecule has 0 radical (unpaired) electrons. The summed E-state index contributed by atoms with van der Waals surface area (Å²) < 4.78 is 0. The average Bonchev–Trinajstić information content (AvgIpc) is 2.55. The summed E-state index contributed by atoms with van der Waals surface area (Å²) in [6, 6.07) is 16.7. The zero-order valence-corrected chi connectivity index (χ0v) is 13.5. The van der Waals surface area contributed by atoms with Gasteiger partial charge >= 0.3 is 0 Å². The molecular formula is C18H19ClN2O2. The Balaban J connectivity index is 1.62. The summed E-state index contributed by atoms with van der Waals surface area (Å²) in [6.07, 6.45) is 0.648. The SMILES string of the molecule is O=C(Cc1ccccc1)NCCNC(=O)Cc1ccc(Cl)cc1. The van der Waals surface area contributed by atoms with Gasteiger partial charge in [-0.15, -0.1) is 0 Å². The first-order valence-corrected chi connectivity index (χ1v) is 7.83. The number of benzene rings is 2. The standard InChI is InChI=1S/C18H19ClN2O2/c19-16-8-6-15(7-9-16)13-18(23)21-11-10-20-17(22)12-14-4-2-1-3-5-14/h1-9H,10-13H2,(H,20,22)(H,21,23). The summed E-state index contributed by atoms with van der Waals surface area (Å²) in [4.78, 5) is 23.5. The molecule has 0 bridgehead atoms. The molecule has 23 heavy (non-hydrogen) atoms. The summed E-state index contributed by atoms with van der Waals surface area (Å²) in [7, 11) is 0. The minimum atomic E-state index is -0.0790. The molecule has 2 aromatic rings. The molecule has 0 heterocycles. The predicted octanol–water partition coefficient (Wildman–Crippen LogP) is 2.36. The molecule has 5 heteroatoms. The highest BCUT2D eigenvalue weighted by Gasteiger charge is 2.04. The zero-order valence-electron chi connectivity index (χ0n) is 12.7. The monoisotopic (exact) mass is 330 g/mol.